The van der Waals surface area contributed by atoms with E-state index < -0.39 is 0 Å². The van der Waals surface area contributed by atoms with Crippen LogP contribution in [-0.4, -0.2) is 0 Å². The number of hydrogen-bond acceptors (Lipinski definition) is 6. The van der Waals surface area contributed by atoms with E-state index in [-0.39, 0.29) is 250 Å². The van der Waals surface area contributed by atoms with Crippen molar-refractivity contribution in [1.29, 1.82) is 31.6 Å². The molecule has 0 radical (unpaired) electrons. The molecule has 62 valence electrons. The van der Waals surface area contributed by atoms with E-state index in [1.54, 1.807) is 0 Å². The van der Waals surface area contributed by atoms with Crippen LogP contribution in [0.5, 0.6) is 0 Å². The molecule has 0 amide bonds. The smallest absolute Gasteiger partial charge is 0.512 e. The molecule has 17 heavy (non-hydrogen) atoms. The van der Waals surface area contributed by atoms with E-state index in [4.69, 9.17) is 71.0 Å². The van der Waals surface area contributed by atoms with E-state index in [1.807, 2.05) is 0 Å². The molecule has 6 nitrogen and oxygen atoms in total. The molecule has 0 N–H and O–H groups in total. The zero-order valence-corrected chi connectivity index (χ0v) is 30.8. The molecule has 0 heterocycles. The van der Waals surface area contributed by atoms with Crippen molar-refractivity contribution in [3.8, 4) is 0 Å². The molecule has 0 atom stereocenters. The van der Waals surface area contributed by atoms with Crippen molar-refractivity contribution >= 4 is 0 Å². The van der Waals surface area contributed by atoms with Crippen LogP contribution in [0.4, 0.5) is 0 Å². The Balaban J connectivity index is -0.00000000267. The summed E-state index contributed by atoms with van der Waals surface area (Å²) in [4.78, 5) is 0. The summed E-state index contributed by atoms with van der Waals surface area (Å²) >= 11 is 0. The van der Waals surface area contributed by atoms with E-state index in [0.717, 1.165) is 0 Å². The molecule has 0 aromatic heterocycles. The fourth-order valence-corrected chi connectivity index (χ4v) is 0. The monoisotopic (exact) mass is 552 g/mol. The largest absolute Gasteiger partial charge is 6.00 e. The summed E-state index contributed by atoms with van der Waals surface area (Å²) in [6.07, 6.45) is 0. The molecule has 0 aliphatic heterocycles. The third kappa shape index (κ3) is 329. The van der Waals surface area contributed by atoms with Crippen LogP contribution in [0, 0.1) is 71.0 Å². The summed E-state index contributed by atoms with van der Waals surface area (Å²) in [6.45, 7) is 28.5. The maximum absolute atomic E-state index is 6.25. The summed E-state index contributed by atoms with van der Waals surface area (Å²) < 4.78 is 0. The quantitative estimate of drug-likeness (QED) is 0.215. The Bertz CT molecular complexity index is 106. The van der Waals surface area contributed by atoms with Gasteiger partial charge in [-0.25, -0.2) is 0 Å². The second-order valence-electron chi connectivity index (χ2n) is 0. The molecule has 0 saturated heterocycles. The molecule has 0 rings (SSSR count). The minimum atomic E-state index is 0. The van der Waals surface area contributed by atoms with Gasteiger partial charge >= 0.3 is 250 Å². The maximum atomic E-state index is 6.25. The topological polar surface area (TPSA) is 143 Å². The van der Waals surface area contributed by atoms with E-state index in [1.165, 1.54) is 0 Å². The zero-order valence-electron chi connectivity index (χ0n) is 10.0. The summed E-state index contributed by atoms with van der Waals surface area (Å²) in [5, 5.41) is 37.5. The predicted octanol–water partition coefficient (Wildman–Crippen LogP) is -11.4. The van der Waals surface area contributed by atoms with Crippen molar-refractivity contribution in [2.45, 2.75) is 0 Å². The van der Waals surface area contributed by atoms with Crippen molar-refractivity contribution < 1.29 is 250 Å². The first kappa shape index (κ1) is 81.3. The van der Waals surface area contributed by atoms with Crippen LogP contribution in [0.3, 0.4) is 0 Å². The van der Waals surface area contributed by atoms with Crippen molar-refractivity contribution in [3.63, 3.8) is 0 Å². The average molecular weight is 554 g/mol. The van der Waals surface area contributed by atoms with E-state index >= 15 is 0 Å². The van der Waals surface area contributed by atoms with Gasteiger partial charge in [0.05, 0.1) is 0 Å². The minimum Gasteiger partial charge on any atom is -0.512 e. The van der Waals surface area contributed by atoms with Crippen LogP contribution in [0.1, 0.15) is 0 Å². The van der Waals surface area contributed by atoms with E-state index in [2.05, 4.69) is 0 Å². The predicted molar refractivity (Wildman–Crippen MR) is 29.8 cm³/mol. The van der Waals surface area contributed by atoms with Crippen LogP contribution in [0.25, 0.3) is 0 Å². The Kier molecular flexibility index (Phi) is 1750. The number of nitrogens with zero attached hydrogens (tertiary/aromatic N) is 6. The normalized spacial score (nSPS) is 0.706. The van der Waals surface area contributed by atoms with Gasteiger partial charge in [-0.1, -0.05) is 0 Å². The van der Waals surface area contributed by atoms with Crippen molar-refractivity contribution in [1.82, 2.24) is 0 Å². The standard InChI is InChI=1S/6CN.Fe.4Rb/c6*1-2;;;;;/q6*-1;+6;4*+1. The Labute approximate surface area is 310 Å². The zero-order chi connectivity index (χ0) is 12.0. The van der Waals surface area contributed by atoms with Crippen molar-refractivity contribution in [2.24, 2.45) is 0 Å². The van der Waals surface area contributed by atoms with Gasteiger partial charge in [-0.15, -0.1) is 0 Å². The van der Waals surface area contributed by atoms with Gasteiger partial charge in [-0.2, -0.15) is 0 Å². The maximum Gasteiger partial charge on any atom is 6.00 e. The van der Waals surface area contributed by atoms with E-state index in [9.17, 15) is 0 Å². The molecule has 0 saturated carbocycles. The molecule has 11 heteroatoms. The van der Waals surface area contributed by atoms with Crippen molar-refractivity contribution in [2.75, 3.05) is 0 Å². The minimum absolute atomic E-state index is 0. The third-order valence-corrected chi connectivity index (χ3v) is 0. The molecular formula is C6FeN6Rb4+4. The van der Waals surface area contributed by atoms with Crippen LogP contribution in [0.15, 0.2) is 0 Å². The van der Waals surface area contributed by atoms with Gasteiger partial charge in [0, 0.05) is 0 Å². The van der Waals surface area contributed by atoms with E-state index in [0.29, 0.717) is 0 Å². The van der Waals surface area contributed by atoms with Gasteiger partial charge in [0.1, 0.15) is 0 Å². The first-order chi connectivity index (χ1) is 6.00. The first-order valence-electron chi connectivity index (χ1n) is 1.34. The molecule has 0 aliphatic carbocycles. The summed E-state index contributed by atoms with van der Waals surface area (Å²) in [5.74, 6) is 0. The second-order valence-corrected chi connectivity index (χ2v) is 0. The first-order valence-corrected chi connectivity index (χ1v) is 1.34. The third-order valence-electron chi connectivity index (χ3n) is 0. The molecule has 0 aliphatic rings. The summed E-state index contributed by atoms with van der Waals surface area (Å²) in [6, 6.07) is 0. The van der Waals surface area contributed by atoms with Gasteiger partial charge in [0.25, 0.3) is 0 Å². The molecule has 0 bridgehead atoms. The van der Waals surface area contributed by atoms with Crippen LogP contribution in [0.2, 0.25) is 0 Å². The van der Waals surface area contributed by atoms with Crippen LogP contribution >= 0.6 is 0 Å². The fourth-order valence-electron chi connectivity index (χ4n) is 0. The van der Waals surface area contributed by atoms with Crippen LogP contribution < -0.4 is 233 Å². The Morgan fingerprint density at radius 2 is 0.294 bits per heavy atom. The fraction of sp³-hybridized carbons (Fsp3) is 0. The van der Waals surface area contributed by atoms with Gasteiger partial charge in [0.2, 0.25) is 0 Å². The average Bonchev–Trinajstić information content (AvgIpc) is 2.33. The Hall–Kier alpha value is 4.68. The molecule has 0 spiro atoms. The number of hydrogen-bond donors (Lipinski definition) is 0. The Morgan fingerprint density at radius 1 is 0.294 bits per heavy atom. The summed E-state index contributed by atoms with van der Waals surface area (Å²) in [5.41, 5.74) is 0. The van der Waals surface area contributed by atoms with Gasteiger partial charge in [-0.3, -0.25) is 0 Å². The van der Waals surface area contributed by atoms with Gasteiger partial charge in [0.15, 0.2) is 0 Å². The summed E-state index contributed by atoms with van der Waals surface area (Å²) in [7, 11) is 0. The molecule has 0 aromatic rings. The molecule has 0 aromatic carbocycles. The SMILES string of the molecule is [C-]#N.[C-]#N.[C-]#N.[C-]#N.[C-]#N.[C-]#N.[Fe+6].[Rb+].[Rb+].[Rb+].[Rb+]. The molecular weight excluding hydrogens is 554 g/mol. The van der Waals surface area contributed by atoms with Crippen LogP contribution in [-0.2, 0) is 17.1 Å². The molecule has 0 unspecified atom stereocenters. The van der Waals surface area contributed by atoms with Crippen molar-refractivity contribution in [3.05, 3.63) is 39.4 Å². The second kappa shape index (κ2) is 366. The number of rotatable bonds is 0. The van der Waals surface area contributed by atoms with Gasteiger partial charge in [-0.05, 0) is 0 Å². The molecule has 0 fully saturated rings. The van der Waals surface area contributed by atoms with Gasteiger partial charge < -0.3 is 71.0 Å². The Morgan fingerprint density at radius 3 is 0.294 bits per heavy atom.